The van der Waals surface area contributed by atoms with Gasteiger partial charge in [-0.1, -0.05) is 12.1 Å². The topological polar surface area (TPSA) is 85.6 Å². The van der Waals surface area contributed by atoms with Crippen LogP contribution in [-0.2, 0) is 13.2 Å². The van der Waals surface area contributed by atoms with Gasteiger partial charge in [0.15, 0.2) is 11.5 Å². The number of nitrogens with zero attached hydrogens (tertiary/aromatic N) is 5. The number of pyridine rings is 1. The molecule has 0 saturated carbocycles. The average molecular weight is 398 g/mol. The summed E-state index contributed by atoms with van der Waals surface area (Å²) in [5, 5.41) is 6.96. The number of hydrogen-bond donors (Lipinski definition) is 1. The Hall–Kier alpha value is -3.82. The van der Waals surface area contributed by atoms with Crippen molar-refractivity contribution >= 4 is 22.6 Å². The van der Waals surface area contributed by atoms with Crippen LogP contribution in [0.15, 0.2) is 54.9 Å². The summed E-state index contributed by atoms with van der Waals surface area (Å²) in [7, 11) is 1.36. The second-order valence-corrected chi connectivity index (χ2v) is 6.17. The summed E-state index contributed by atoms with van der Waals surface area (Å²) < 4.78 is 39.6. The molecule has 3 aromatic heterocycles. The van der Waals surface area contributed by atoms with Crippen molar-refractivity contribution in [3.05, 3.63) is 66.1 Å². The molecule has 29 heavy (non-hydrogen) atoms. The maximum atomic E-state index is 12.9. The van der Waals surface area contributed by atoms with Crippen LogP contribution in [0.25, 0.3) is 22.4 Å². The fraction of sp³-hybridized carbons (Fsp3) is 0.105. The Morgan fingerprint density at radius 1 is 1.07 bits per heavy atom. The number of rotatable bonds is 3. The number of hydrogen-bond acceptors (Lipinski definition) is 5. The summed E-state index contributed by atoms with van der Waals surface area (Å²) in [5.41, 5.74) is 0.0642. The van der Waals surface area contributed by atoms with Gasteiger partial charge in [0.25, 0.3) is 5.91 Å². The molecule has 7 nitrogen and oxygen atoms in total. The highest BCUT2D eigenvalue weighted by atomic mass is 19.4. The Morgan fingerprint density at radius 2 is 1.90 bits per heavy atom. The van der Waals surface area contributed by atoms with Crippen LogP contribution in [0.4, 0.5) is 19.0 Å². The molecule has 1 N–H and O–H groups in total. The summed E-state index contributed by atoms with van der Waals surface area (Å²) in [6.45, 7) is 0. The van der Waals surface area contributed by atoms with Crippen molar-refractivity contribution in [3.8, 4) is 11.5 Å². The van der Waals surface area contributed by atoms with E-state index >= 15 is 0 Å². The lowest BCUT2D eigenvalue weighted by molar-refractivity contribution is -0.141. The molecule has 10 heteroatoms. The lowest BCUT2D eigenvalue weighted by Gasteiger charge is -2.07. The van der Waals surface area contributed by atoms with Gasteiger partial charge in [-0.3, -0.25) is 14.5 Å². The summed E-state index contributed by atoms with van der Waals surface area (Å²) >= 11 is 0. The summed E-state index contributed by atoms with van der Waals surface area (Å²) in [6, 6.07) is 11.0. The van der Waals surface area contributed by atoms with Crippen LogP contribution in [-0.4, -0.2) is 30.6 Å². The van der Waals surface area contributed by atoms with Crippen molar-refractivity contribution < 1.29 is 18.0 Å². The van der Waals surface area contributed by atoms with E-state index in [0.717, 1.165) is 16.1 Å². The molecule has 3 heterocycles. The summed E-state index contributed by atoms with van der Waals surface area (Å²) in [6.07, 6.45) is -1.60. The predicted molar refractivity (Wildman–Crippen MR) is 98.9 cm³/mol. The van der Waals surface area contributed by atoms with Crippen molar-refractivity contribution in [2.24, 2.45) is 7.05 Å². The minimum absolute atomic E-state index is 0.00785. The highest BCUT2D eigenvalue weighted by Crippen LogP contribution is 2.30. The third-order valence-electron chi connectivity index (χ3n) is 4.16. The van der Waals surface area contributed by atoms with Crippen molar-refractivity contribution in [2.75, 3.05) is 5.32 Å². The molecule has 0 radical (unpaired) electrons. The van der Waals surface area contributed by atoms with E-state index in [1.54, 1.807) is 30.5 Å². The Labute approximate surface area is 162 Å². The minimum Gasteiger partial charge on any atom is -0.306 e. The smallest absolute Gasteiger partial charge is 0.306 e. The van der Waals surface area contributed by atoms with E-state index in [9.17, 15) is 18.0 Å². The molecule has 146 valence electrons. The fourth-order valence-corrected chi connectivity index (χ4v) is 2.76. The number of alkyl halides is 3. The molecule has 0 saturated heterocycles. The van der Waals surface area contributed by atoms with E-state index in [1.165, 1.54) is 19.3 Å². The molecule has 1 aromatic carbocycles. The number of aromatic nitrogens is 5. The molecule has 1 amide bonds. The van der Waals surface area contributed by atoms with Crippen LogP contribution >= 0.6 is 0 Å². The van der Waals surface area contributed by atoms with E-state index in [1.807, 2.05) is 6.07 Å². The number of nitrogens with one attached hydrogen (secondary N) is 1. The highest BCUT2D eigenvalue weighted by molar-refractivity contribution is 6.05. The molecule has 0 bridgehead atoms. The quantitative estimate of drug-likeness (QED) is 0.569. The molecular formula is C19H13F3N6O. The molecule has 4 aromatic rings. The van der Waals surface area contributed by atoms with Crippen LogP contribution in [0.5, 0.6) is 0 Å². The van der Waals surface area contributed by atoms with Crippen molar-refractivity contribution in [1.29, 1.82) is 0 Å². The van der Waals surface area contributed by atoms with E-state index in [-0.39, 0.29) is 17.3 Å². The molecule has 0 aliphatic heterocycles. The van der Waals surface area contributed by atoms with E-state index in [4.69, 9.17) is 0 Å². The van der Waals surface area contributed by atoms with Gasteiger partial charge in [-0.05, 0) is 30.3 Å². The Bertz CT molecular complexity index is 1220. The summed E-state index contributed by atoms with van der Waals surface area (Å²) in [4.78, 5) is 24.9. The molecule has 0 aliphatic carbocycles. The molecular weight excluding hydrogens is 385 g/mol. The van der Waals surface area contributed by atoms with Gasteiger partial charge in [-0.2, -0.15) is 18.3 Å². The van der Waals surface area contributed by atoms with Crippen LogP contribution in [0.2, 0.25) is 0 Å². The monoisotopic (exact) mass is 398 g/mol. The molecule has 4 rings (SSSR count). The van der Waals surface area contributed by atoms with Crippen molar-refractivity contribution in [1.82, 2.24) is 24.7 Å². The van der Waals surface area contributed by atoms with Gasteiger partial charge in [-0.15, -0.1) is 0 Å². The standard InChI is InChI=1S/C19H13F3N6O/c1-28-14(10-15(27-28)19(20,21)22)17-24-8-6-16(25-17)26-18(29)12-5-4-11-3-2-7-23-13(11)9-12/h2-10H,1H3,(H,24,25,26,29). The third kappa shape index (κ3) is 3.77. The molecule has 0 fully saturated rings. The zero-order valence-electron chi connectivity index (χ0n) is 15.0. The van der Waals surface area contributed by atoms with Gasteiger partial charge in [0.1, 0.15) is 11.5 Å². The maximum Gasteiger partial charge on any atom is 0.435 e. The van der Waals surface area contributed by atoms with Crippen LogP contribution in [0.3, 0.4) is 0 Å². The lowest BCUT2D eigenvalue weighted by Crippen LogP contribution is -2.13. The first-order chi connectivity index (χ1) is 13.8. The maximum absolute atomic E-state index is 12.9. The number of carbonyl (C=O) groups is 1. The Kier molecular flexibility index (Phi) is 4.45. The largest absolute Gasteiger partial charge is 0.435 e. The molecule has 0 spiro atoms. The lowest BCUT2D eigenvalue weighted by atomic mass is 10.1. The van der Waals surface area contributed by atoms with Gasteiger partial charge >= 0.3 is 6.18 Å². The zero-order valence-corrected chi connectivity index (χ0v) is 15.0. The van der Waals surface area contributed by atoms with Crippen LogP contribution < -0.4 is 5.32 Å². The second kappa shape index (κ2) is 6.97. The number of benzene rings is 1. The minimum atomic E-state index is -4.58. The third-order valence-corrected chi connectivity index (χ3v) is 4.16. The Morgan fingerprint density at radius 3 is 2.66 bits per heavy atom. The predicted octanol–water partition coefficient (Wildman–Crippen LogP) is 3.70. The number of carbonyl (C=O) groups excluding carboxylic acids is 1. The average Bonchev–Trinajstić information content (AvgIpc) is 3.10. The van der Waals surface area contributed by atoms with E-state index < -0.39 is 17.8 Å². The number of anilines is 1. The first-order valence-electron chi connectivity index (χ1n) is 8.42. The van der Waals surface area contributed by atoms with Gasteiger partial charge in [-0.25, -0.2) is 9.97 Å². The molecule has 0 unspecified atom stereocenters. The number of halogens is 3. The van der Waals surface area contributed by atoms with Gasteiger partial charge in [0, 0.05) is 30.4 Å². The number of amides is 1. The van der Waals surface area contributed by atoms with E-state index in [0.29, 0.717) is 11.1 Å². The normalized spacial score (nSPS) is 11.6. The first kappa shape index (κ1) is 18.5. The molecule has 0 aliphatic rings. The van der Waals surface area contributed by atoms with Crippen LogP contribution in [0, 0.1) is 0 Å². The first-order valence-corrected chi connectivity index (χ1v) is 8.42. The fourth-order valence-electron chi connectivity index (χ4n) is 2.76. The van der Waals surface area contributed by atoms with Gasteiger partial charge in [0.05, 0.1) is 5.52 Å². The number of fused-ring (bicyclic) bond motifs is 1. The van der Waals surface area contributed by atoms with Crippen molar-refractivity contribution in [2.45, 2.75) is 6.18 Å². The summed E-state index contributed by atoms with van der Waals surface area (Å²) in [5.74, 6) is -0.271. The van der Waals surface area contributed by atoms with Crippen LogP contribution in [0.1, 0.15) is 16.1 Å². The van der Waals surface area contributed by atoms with E-state index in [2.05, 4.69) is 25.4 Å². The number of aryl methyl sites for hydroxylation is 1. The van der Waals surface area contributed by atoms with Crippen molar-refractivity contribution in [3.63, 3.8) is 0 Å². The SMILES string of the molecule is Cn1nc(C(F)(F)F)cc1-c1nccc(NC(=O)c2ccc3cccnc3c2)n1. The van der Waals surface area contributed by atoms with Gasteiger partial charge < -0.3 is 5.32 Å². The highest BCUT2D eigenvalue weighted by Gasteiger charge is 2.35. The van der Waals surface area contributed by atoms with Gasteiger partial charge in [0.2, 0.25) is 0 Å². The zero-order chi connectivity index (χ0) is 20.6. The molecule has 0 atom stereocenters. The Balaban J connectivity index is 1.60. The second-order valence-electron chi connectivity index (χ2n) is 6.17.